The summed E-state index contributed by atoms with van der Waals surface area (Å²) in [7, 11) is 0. The second-order valence-corrected chi connectivity index (χ2v) is 5.70. The molecule has 1 aliphatic carbocycles. The number of anilines is 1. The molecule has 20 heavy (non-hydrogen) atoms. The van der Waals surface area contributed by atoms with E-state index in [4.69, 9.17) is 5.11 Å². The Balaban J connectivity index is 2.01. The maximum atomic E-state index is 11.6. The van der Waals surface area contributed by atoms with Crippen LogP contribution in [0.3, 0.4) is 0 Å². The molecule has 0 aliphatic heterocycles. The number of aliphatic carboxylic acids is 1. The molecule has 1 aromatic rings. The average Bonchev–Trinajstić information content (AvgIpc) is 2.38. The van der Waals surface area contributed by atoms with Crippen molar-refractivity contribution in [3.05, 3.63) is 22.2 Å². The third kappa shape index (κ3) is 3.59. The normalized spacial score (nSPS) is 22.8. The summed E-state index contributed by atoms with van der Waals surface area (Å²) >= 11 is 0. The van der Waals surface area contributed by atoms with Crippen molar-refractivity contribution in [3.8, 4) is 0 Å². The highest BCUT2D eigenvalue weighted by Gasteiger charge is 2.26. The van der Waals surface area contributed by atoms with E-state index in [2.05, 4.69) is 15.3 Å². The van der Waals surface area contributed by atoms with Crippen molar-refractivity contribution in [2.75, 3.05) is 5.32 Å². The maximum Gasteiger partial charge on any atom is 0.306 e. The minimum atomic E-state index is -0.708. The van der Waals surface area contributed by atoms with Gasteiger partial charge in [0, 0.05) is 18.0 Å². The van der Waals surface area contributed by atoms with Crippen molar-refractivity contribution in [2.45, 2.75) is 51.5 Å². The van der Waals surface area contributed by atoms with Crippen LogP contribution in [0.4, 0.5) is 5.82 Å². The van der Waals surface area contributed by atoms with Gasteiger partial charge in [-0.25, -0.2) is 4.98 Å². The summed E-state index contributed by atoms with van der Waals surface area (Å²) in [6, 6.07) is 1.65. The van der Waals surface area contributed by atoms with Gasteiger partial charge in [0.05, 0.1) is 5.92 Å². The largest absolute Gasteiger partial charge is 0.481 e. The predicted octanol–water partition coefficient (Wildman–Crippen LogP) is 1.95. The molecule has 2 rings (SSSR count). The lowest BCUT2D eigenvalue weighted by atomic mass is 9.86. The lowest BCUT2D eigenvalue weighted by Crippen LogP contribution is -2.30. The van der Waals surface area contributed by atoms with Crippen LogP contribution in [0, 0.1) is 5.92 Å². The lowest BCUT2D eigenvalue weighted by molar-refractivity contribution is -0.142. The lowest BCUT2D eigenvalue weighted by Gasteiger charge is -2.27. The summed E-state index contributed by atoms with van der Waals surface area (Å²) < 4.78 is 0. The minimum Gasteiger partial charge on any atom is -0.481 e. The number of carbonyl (C=O) groups is 1. The van der Waals surface area contributed by atoms with Crippen molar-refractivity contribution < 1.29 is 9.90 Å². The van der Waals surface area contributed by atoms with Crippen molar-refractivity contribution >= 4 is 11.8 Å². The second kappa shape index (κ2) is 6.07. The molecule has 6 nitrogen and oxygen atoms in total. The molecule has 110 valence electrons. The van der Waals surface area contributed by atoms with E-state index in [1.54, 1.807) is 0 Å². The zero-order valence-corrected chi connectivity index (χ0v) is 11.8. The molecule has 0 spiro atoms. The van der Waals surface area contributed by atoms with Gasteiger partial charge < -0.3 is 15.4 Å². The molecule has 0 atom stereocenters. The van der Waals surface area contributed by atoms with Gasteiger partial charge in [0.2, 0.25) is 0 Å². The third-order valence-electron chi connectivity index (χ3n) is 3.74. The Bertz CT molecular complexity index is 531. The van der Waals surface area contributed by atoms with Crippen LogP contribution in [0.5, 0.6) is 0 Å². The monoisotopic (exact) mass is 279 g/mol. The number of hydrogen-bond acceptors (Lipinski definition) is 4. The van der Waals surface area contributed by atoms with Crippen LogP contribution in [-0.4, -0.2) is 27.1 Å². The molecule has 0 unspecified atom stereocenters. The number of rotatable bonds is 4. The number of H-pyrrole nitrogens is 1. The molecule has 1 aromatic heterocycles. The summed E-state index contributed by atoms with van der Waals surface area (Å²) in [5.74, 6) is 0.467. The van der Waals surface area contributed by atoms with Gasteiger partial charge in [0.15, 0.2) is 0 Å². The van der Waals surface area contributed by atoms with Crippen molar-refractivity contribution in [2.24, 2.45) is 5.92 Å². The van der Waals surface area contributed by atoms with E-state index in [1.807, 2.05) is 13.8 Å². The molecule has 1 aliphatic rings. The number of aromatic nitrogens is 2. The van der Waals surface area contributed by atoms with Gasteiger partial charge >= 0.3 is 5.97 Å². The van der Waals surface area contributed by atoms with Crippen LogP contribution < -0.4 is 10.9 Å². The van der Waals surface area contributed by atoms with Crippen LogP contribution in [0.15, 0.2) is 10.9 Å². The zero-order valence-electron chi connectivity index (χ0n) is 11.8. The molecule has 0 bridgehead atoms. The molecule has 3 N–H and O–H groups in total. The zero-order chi connectivity index (χ0) is 14.7. The molecular formula is C14H21N3O3. The van der Waals surface area contributed by atoms with E-state index in [9.17, 15) is 9.59 Å². The summed E-state index contributed by atoms with van der Waals surface area (Å²) in [4.78, 5) is 29.6. The highest BCUT2D eigenvalue weighted by Crippen LogP contribution is 2.26. The minimum absolute atomic E-state index is 0.159. The molecule has 0 saturated heterocycles. The number of carboxylic acids is 1. The van der Waals surface area contributed by atoms with Gasteiger partial charge in [-0.3, -0.25) is 9.59 Å². The molecule has 1 saturated carbocycles. The number of hydrogen-bond donors (Lipinski definition) is 3. The van der Waals surface area contributed by atoms with Crippen molar-refractivity contribution in [1.82, 2.24) is 9.97 Å². The number of nitrogens with zero attached hydrogens (tertiary/aromatic N) is 1. The third-order valence-corrected chi connectivity index (χ3v) is 3.74. The summed E-state index contributed by atoms with van der Waals surface area (Å²) in [6.07, 6.45) is 2.94. The van der Waals surface area contributed by atoms with Crippen LogP contribution in [0.1, 0.15) is 51.3 Å². The Labute approximate surface area is 117 Å². The first-order valence-electron chi connectivity index (χ1n) is 7.06. The molecule has 1 fully saturated rings. The van der Waals surface area contributed by atoms with Gasteiger partial charge in [-0.2, -0.15) is 0 Å². The summed E-state index contributed by atoms with van der Waals surface area (Å²) in [5.41, 5.74) is -0.162. The van der Waals surface area contributed by atoms with Gasteiger partial charge in [-0.05, 0) is 25.7 Å². The quantitative estimate of drug-likeness (QED) is 0.783. The molecule has 1 heterocycles. The van der Waals surface area contributed by atoms with Crippen molar-refractivity contribution in [3.63, 3.8) is 0 Å². The number of aromatic amines is 1. The van der Waals surface area contributed by atoms with E-state index < -0.39 is 5.97 Å². The first-order chi connectivity index (χ1) is 9.45. The van der Waals surface area contributed by atoms with Crippen LogP contribution in [0.2, 0.25) is 0 Å². The predicted molar refractivity (Wildman–Crippen MR) is 76.0 cm³/mol. The standard InChI is InChI=1S/C14H21N3O3/c1-8(2)13-16-11(7-12(18)17-13)15-10-5-3-9(4-6-10)14(19)20/h7-10H,3-6H2,1-2H3,(H,19,20)(H2,15,16,17,18). The smallest absolute Gasteiger partial charge is 0.306 e. The maximum absolute atomic E-state index is 11.6. The fourth-order valence-electron chi connectivity index (χ4n) is 2.52. The Hall–Kier alpha value is -1.85. The Morgan fingerprint density at radius 2 is 2.05 bits per heavy atom. The van der Waals surface area contributed by atoms with Gasteiger partial charge in [-0.15, -0.1) is 0 Å². The van der Waals surface area contributed by atoms with Crippen LogP contribution in [-0.2, 0) is 4.79 Å². The number of carboxylic acid groups (broad SMARTS) is 1. The van der Waals surface area contributed by atoms with Crippen LogP contribution in [0.25, 0.3) is 0 Å². The van der Waals surface area contributed by atoms with Gasteiger partial charge in [0.1, 0.15) is 11.6 Å². The summed E-state index contributed by atoms with van der Waals surface area (Å²) in [6.45, 7) is 3.94. The highest BCUT2D eigenvalue weighted by molar-refractivity contribution is 5.70. The molecule has 0 aromatic carbocycles. The van der Waals surface area contributed by atoms with Crippen LogP contribution >= 0.6 is 0 Å². The fourth-order valence-corrected chi connectivity index (χ4v) is 2.52. The summed E-state index contributed by atoms with van der Waals surface area (Å²) in [5, 5.41) is 12.2. The Kier molecular flexibility index (Phi) is 4.42. The van der Waals surface area contributed by atoms with Gasteiger partial charge in [0.25, 0.3) is 5.56 Å². The van der Waals surface area contributed by atoms with Gasteiger partial charge in [-0.1, -0.05) is 13.8 Å². The first kappa shape index (κ1) is 14.6. The van der Waals surface area contributed by atoms with E-state index in [-0.39, 0.29) is 23.4 Å². The molecular weight excluding hydrogens is 258 g/mol. The fraction of sp³-hybridized carbons (Fsp3) is 0.643. The van der Waals surface area contributed by atoms with E-state index in [1.165, 1.54) is 6.07 Å². The second-order valence-electron chi connectivity index (χ2n) is 5.70. The molecule has 6 heteroatoms. The SMILES string of the molecule is CC(C)c1nc(NC2CCC(C(=O)O)CC2)cc(=O)[nH]1. The van der Waals surface area contributed by atoms with E-state index in [0.717, 1.165) is 12.8 Å². The van der Waals surface area contributed by atoms with Crippen molar-refractivity contribution in [1.29, 1.82) is 0 Å². The van der Waals surface area contributed by atoms with E-state index in [0.29, 0.717) is 24.5 Å². The Morgan fingerprint density at radius 1 is 1.40 bits per heavy atom. The number of nitrogens with one attached hydrogen (secondary N) is 2. The van der Waals surface area contributed by atoms with E-state index >= 15 is 0 Å². The highest BCUT2D eigenvalue weighted by atomic mass is 16.4. The Morgan fingerprint density at radius 3 is 2.60 bits per heavy atom. The molecule has 0 radical (unpaired) electrons. The first-order valence-corrected chi connectivity index (χ1v) is 7.06. The topological polar surface area (TPSA) is 95.1 Å². The molecule has 0 amide bonds. The average molecular weight is 279 g/mol.